The van der Waals surface area contributed by atoms with Crippen molar-refractivity contribution in [3.8, 4) is 0 Å². The van der Waals surface area contributed by atoms with Gasteiger partial charge in [-0.1, -0.05) is 0 Å². The fourth-order valence-corrected chi connectivity index (χ4v) is 1.42. The summed E-state index contributed by atoms with van der Waals surface area (Å²) in [6.07, 6.45) is -1.39. The summed E-state index contributed by atoms with van der Waals surface area (Å²) in [4.78, 5) is 32.2. The molecule has 1 aromatic carbocycles. The van der Waals surface area contributed by atoms with Crippen LogP contribution in [0.3, 0.4) is 0 Å². The first-order valence-corrected chi connectivity index (χ1v) is 5.39. The predicted molar refractivity (Wildman–Crippen MR) is 63.6 cm³/mol. The number of hydrogen-bond acceptors (Lipinski definition) is 5. The molecule has 0 saturated carbocycles. The molecule has 0 bridgehead atoms. The zero-order valence-corrected chi connectivity index (χ0v) is 10.2. The first-order chi connectivity index (χ1) is 9.22. The van der Waals surface area contributed by atoms with Gasteiger partial charge >= 0.3 is 5.97 Å². The van der Waals surface area contributed by atoms with Crippen molar-refractivity contribution in [2.24, 2.45) is 0 Å². The molecule has 1 aromatic rings. The SMILES string of the molecule is C[C@@H](O)[C@H](NC(=O)c1cc(F)cc([N+](=O)[O-])c1)C(=O)O. The van der Waals surface area contributed by atoms with Gasteiger partial charge in [-0.3, -0.25) is 14.9 Å². The van der Waals surface area contributed by atoms with Crippen LogP contribution in [0.4, 0.5) is 10.1 Å². The number of nitro benzene ring substituents is 1. The Balaban J connectivity index is 3.03. The Kier molecular flexibility index (Phi) is 4.70. The van der Waals surface area contributed by atoms with E-state index in [0.29, 0.717) is 6.07 Å². The molecule has 0 heterocycles. The van der Waals surface area contributed by atoms with E-state index in [1.165, 1.54) is 0 Å². The van der Waals surface area contributed by atoms with Crippen LogP contribution in [0.15, 0.2) is 18.2 Å². The highest BCUT2D eigenvalue weighted by molar-refractivity contribution is 5.97. The number of nitrogens with zero attached hydrogens (tertiary/aromatic N) is 1. The van der Waals surface area contributed by atoms with Crippen molar-refractivity contribution in [2.75, 3.05) is 0 Å². The molecule has 0 unspecified atom stereocenters. The van der Waals surface area contributed by atoms with Gasteiger partial charge in [0.1, 0.15) is 5.82 Å². The van der Waals surface area contributed by atoms with E-state index in [1.54, 1.807) is 0 Å². The predicted octanol–water partition coefficient (Wildman–Crippen LogP) is 0.298. The number of benzene rings is 1. The van der Waals surface area contributed by atoms with Crippen molar-refractivity contribution in [2.45, 2.75) is 19.1 Å². The Morgan fingerprint density at radius 2 is 2.00 bits per heavy atom. The number of hydrogen-bond donors (Lipinski definition) is 3. The van der Waals surface area contributed by atoms with Gasteiger partial charge in [0, 0.05) is 11.6 Å². The summed E-state index contributed by atoms with van der Waals surface area (Å²) in [7, 11) is 0. The van der Waals surface area contributed by atoms with E-state index in [4.69, 9.17) is 5.11 Å². The normalized spacial score (nSPS) is 13.3. The molecule has 0 radical (unpaired) electrons. The van der Waals surface area contributed by atoms with Crippen LogP contribution in [-0.2, 0) is 4.79 Å². The quantitative estimate of drug-likeness (QED) is 0.527. The molecule has 0 spiro atoms. The lowest BCUT2D eigenvalue weighted by molar-refractivity contribution is -0.385. The Morgan fingerprint density at radius 1 is 1.40 bits per heavy atom. The molecule has 3 N–H and O–H groups in total. The maximum absolute atomic E-state index is 13.2. The number of carbonyl (C=O) groups is 2. The average Bonchev–Trinajstić information content (AvgIpc) is 2.33. The number of carboxylic acid groups (broad SMARTS) is 1. The number of aliphatic hydroxyl groups excluding tert-OH is 1. The number of aliphatic carboxylic acids is 1. The van der Waals surface area contributed by atoms with Crippen LogP contribution in [0.1, 0.15) is 17.3 Å². The second-order valence-electron chi connectivity index (χ2n) is 3.99. The summed E-state index contributed by atoms with van der Waals surface area (Å²) in [5, 5.41) is 30.5. The summed E-state index contributed by atoms with van der Waals surface area (Å²) in [6.45, 7) is 1.15. The van der Waals surface area contributed by atoms with Gasteiger partial charge in [-0.05, 0) is 13.0 Å². The number of carboxylic acids is 1. The molecule has 1 amide bonds. The van der Waals surface area contributed by atoms with Crippen LogP contribution in [0.25, 0.3) is 0 Å². The van der Waals surface area contributed by atoms with E-state index in [2.05, 4.69) is 0 Å². The standard InChI is InChI=1S/C11H11FN2O6/c1-5(15)9(11(17)18)13-10(16)6-2-7(12)4-8(3-6)14(19)20/h2-5,9,15H,1H3,(H,13,16)(H,17,18)/t5-,9+/m1/s1. The molecule has 0 aromatic heterocycles. The van der Waals surface area contributed by atoms with Gasteiger partial charge in [0.15, 0.2) is 6.04 Å². The van der Waals surface area contributed by atoms with Crippen molar-refractivity contribution in [1.29, 1.82) is 0 Å². The highest BCUT2D eigenvalue weighted by Gasteiger charge is 2.26. The van der Waals surface area contributed by atoms with Gasteiger partial charge in [0.05, 0.1) is 17.1 Å². The summed E-state index contributed by atoms with van der Waals surface area (Å²) in [6, 6.07) is 0.549. The summed E-state index contributed by atoms with van der Waals surface area (Å²) in [5.41, 5.74) is -1.05. The molecular weight excluding hydrogens is 275 g/mol. The Labute approximate surface area is 112 Å². The number of non-ortho nitro benzene ring substituents is 1. The fraction of sp³-hybridized carbons (Fsp3) is 0.273. The molecule has 0 aliphatic heterocycles. The van der Waals surface area contributed by atoms with E-state index in [1.807, 2.05) is 5.32 Å². The fourth-order valence-electron chi connectivity index (χ4n) is 1.42. The Bertz CT molecular complexity index is 560. The lowest BCUT2D eigenvalue weighted by Gasteiger charge is -2.16. The molecule has 0 fully saturated rings. The number of halogens is 1. The van der Waals surface area contributed by atoms with Crippen molar-refractivity contribution in [3.05, 3.63) is 39.7 Å². The molecule has 8 nitrogen and oxygen atoms in total. The molecule has 20 heavy (non-hydrogen) atoms. The topological polar surface area (TPSA) is 130 Å². The van der Waals surface area contributed by atoms with Gasteiger partial charge in [0.2, 0.25) is 0 Å². The first kappa shape index (κ1) is 15.5. The largest absolute Gasteiger partial charge is 0.480 e. The van der Waals surface area contributed by atoms with E-state index < -0.39 is 46.0 Å². The smallest absolute Gasteiger partial charge is 0.328 e. The minimum Gasteiger partial charge on any atom is -0.480 e. The molecule has 1 rings (SSSR count). The van der Waals surface area contributed by atoms with E-state index in [9.17, 15) is 29.2 Å². The third-order valence-electron chi connectivity index (χ3n) is 2.39. The number of carbonyl (C=O) groups excluding carboxylic acids is 1. The maximum atomic E-state index is 13.2. The van der Waals surface area contributed by atoms with Crippen LogP contribution < -0.4 is 5.32 Å². The third kappa shape index (κ3) is 3.72. The summed E-state index contributed by atoms with van der Waals surface area (Å²) >= 11 is 0. The number of rotatable bonds is 5. The molecular formula is C11H11FN2O6. The second-order valence-corrected chi connectivity index (χ2v) is 3.99. The Hall–Kier alpha value is -2.55. The monoisotopic (exact) mass is 286 g/mol. The van der Waals surface area contributed by atoms with E-state index in [0.717, 1.165) is 19.1 Å². The van der Waals surface area contributed by atoms with Gasteiger partial charge in [-0.15, -0.1) is 0 Å². The first-order valence-electron chi connectivity index (χ1n) is 5.39. The summed E-state index contributed by atoms with van der Waals surface area (Å²) < 4.78 is 13.2. The zero-order valence-electron chi connectivity index (χ0n) is 10.2. The van der Waals surface area contributed by atoms with E-state index in [-0.39, 0.29) is 0 Å². The lowest BCUT2D eigenvalue weighted by Crippen LogP contribution is -2.47. The number of amides is 1. The highest BCUT2D eigenvalue weighted by atomic mass is 19.1. The van der Waals surface area contributed by atoms with Gasteiger partial charge in [-0.25, -0.2) is 9.18 Å². The van der Waals surface area contributed by atoms with Crippen molar-refractivity contribution in [1.82, 2.24) is 5.32 Å². The molecule has 2 atom stereocenters. The van der Waals surface area contributed by atoms with Crippen molar-refractivity contribution in [3.63, 3.8) is 0 Å². The molecule has 0 aliphatic carbocycles. The van der Waals surface area contributed by atoms with Crippen LogP contribution >= 0.6 is 0 Å². The van der Waals surface area contributed by atoms with Gasteiger partial charge in [0.25, 0.3) is 11.6 Å². The van der Waals surface area contributed by atoms with Crippen LogP contribution in [-0.4, -0.2) is 39.2 Å². The third-order valence-corrected chi connectivity index (χ3v) is 2.39. The maximum Gasteiger partial charge on any atom is 0.328 e. The van der Waals surface area contributed by atoms with Gasteiger partial charge in [-0.2, -0.15) is 0 Å². The van der Waals surface area contributed by atoms with E-state index >= 15 is 0 Å². The molecule has 0 saturated heterocycles. The van der Waals surface area contributed by atoms with Crippen LogP contribution in [0, 0.1) is 15.9 Å². The Morgan fingerprint density at radius 3 is 2.45 bits per heavy atom. The van der Waals surface area contributed by atoms with Crippen LogP contribution in [0.2, 0.25) is 0 Å². The number of nitro groups is 1. The molecule has 0 aliphatic rings. The second kappa shape index (κ2) is 6.06. The van der Waals surface area contributed by atoms with Gasteiger partial charge < -0.3 is 15.5 Å². The van der Waals surface area contributed by atoms with Crippen molar-refractivity contribution >= 4 is 17.6 Å². The average molecular weight is 286 g/mol. The highest BCUT2D eigenvalue weighted by Crippen LogP contribution is 2.16. The number of nitrogens with one attached hydrogen (secondary N) is 1. The minimum atomic E-state index is -1.61. The number of aliphatic hydroxyl groups is 1. The lowest BCUT2D eigenvalue weighted by atomic mass is 10.1. The zero-order chi connectivity index (χ0) is 15.4. The van der Waals surface area contributed by atoms with Crippen LogP contribution in [0.5, 0.6) is 0 Å². The minimum absolute atomic E-state index is 0.413. The molecule has 9 heteroatoms. The molecule has 108 valence electrons. The van der Waals surface area contributed by atoms with Crippen molar-refractivity contribution < 1.29 is 29.1 Å². The summed E-state index contributed by atoms with van der Waals surface area (Å²) in [5.74, 6) is -3.53.